The molecule has 0 unspecified atom stereocenters. The summed E-state index contributed by atoms with van der Waals surface area (Å²) < 4.78 is 18.4. The molecular weight excluding hydrogens is 195 g/mol. The fourth-order valence-corrected chi connectivity index (χ4v) is 1.77. The molecule has 1 heterocycles. The van der Waals surface area contributed by atoms with Crippen molar-refractivity contribution in [2.75, 3.05) is 0 Å². The molecule has 1 aliphatic rings. The monoisotopic (exact) mass is 208 g/mol. The summed E-state index contributed by atoms with van der Waals surface area (Å²) >= 11 is 0. The van der Waals surface area contributed by atoms with Crippen LogP contribution in [0, 0.1) is 5.82 Å². The molecule has 2 nitrogen and oxygen atoms in total. The van der Waals surface area contributed by atoms with E-state index >= 15 is 0 Å². The van der Waals surface area contributed by atoms with Crippen LogP contribution >= 0.6 is 0 Å². The van der Waals surface area contributed by atoms with Crippen molar-refractivity contribution in [3.05, 3.63) is 42.2 Å². The lowest BCUT2D eigenvalue weighted by Crippen LogP contribution is -2.33. The highest BCUT2D eigenvalue weighted by Crippen LogP contribution is 2.29. The van der Waals surface area contributed by atoms with Crippen molar-refractivity contribution < 1.29 is 14.2 Å². The highest BCUT2D eigenvalue weighted by molar-refractivity contribution is 5.36. The predicted octanol–water partition coefficient (Wildman–Crippen LogP) is 2.07. The fourth-order valence-electron chi connectivity index (χ4n) is 1.77. The standard InChI is InChI=1S/C12H13FO2/c1-2-10(14)12-5-3-8-7-9(13)4-6-11(8)15-12/h2,4,6-7,10,12,14H,1,3,5H2/t10-,12+/m1/s1. The molecule has 0 saturated carbocycles. The van der Waals surface area contributed by atoms with Gasteiger partial charge in [0.2, 0.25) is 0 Å². The molecule has 2 rings (SSSR count). The Hall–Kier alpha value is -1.35. The van der Waals surface area contributed by atoms with Crippen LogP contribution in [-0.4, -0.2) is 17.3 Å². The molecule has 80 valence electrons. The number of fused-ring (bicyclic) bond motifs is 1. The number of halogens is 1. The zero-order chi connectivity index (χ0) is 10.8. The van der Waals surface area contributed by atoms with Gasteiger partial charge in [-0.1, -0.05) is 6.08 Å². The number of hydrogen-bond acceptors (Lipinski definition) is 2. The van der Waals surface area contributed by atoms with Gasteiger partial charge in [-0.3, -0.25) is 0 Å². The van der Waals surface area contributed by atoms with E-state index in [4.69, 9.17) is 4.74 Å². The highest BCUT2D eigenvalue weighted by Gasteiger charge is 2.24. The van der Waals surface area contributed by atoms with Crippen molar-refractivity contribution >= 4 is 0 Å². The summed E-state index contributed by atoms with van der Waals surface area (Å²) in [6.07, 6.45) is 1.94. The van der Waals surface area contributed by atoms with Crippen LogP contribution in [0.15, 0.2) is 30.9 Å². The summed E-state index contributed by atoms with van der Waals surface area (Å²) in [4.78, 5) is 0. The molecule has 2 atom stereocenters. The molecule has 1 aromatic carbocycles. The Morgan fingerprint density at radius 3 is 3.13 bits per heavy atom. The Labute approximate surface area is 88.0 Å². The zero-order valence-corrected chi connectivity index (χ0v) is 8.32. The second-order valence-corrected chi connectivity index (χ2v) is 3.67. The van der Waals surface area contributed by atoms with Crippen LogP contribution in [0.2, 0.25) is 0 Å². The molecule has 0 bridgehead atoms. The van der Waals surface area contributed by atoms with Crippen molar-refractivity contribution in [1.29, 1.82) is 0 Å². The van der Waals surface area contributed by atoms with E-state index < -0.39 is 6.10 Å². The van der Waals surface area contributed by atoms with E-state index in [-0.39, 0.29) is 11.9 Å². The normalized spacial score (nSPS) is 21.3. The third-order valence-electron chi connectivity index (χ3n) is 2.62. The van der Waals surface area contributed by atoms with Gasteiger partial charge in [-0.25, -0.2) is 4.39 Å². The maximum atomic E-state index is 12.9. The second-order valence-electron chi connectivity index (χ2n) is 3.67. The van der Waals surface area contributed by atoms with E-state index in [2.05, 4.69) is 6.58 Å². The lowest BCUT2D eigenvalue weighted by Gasteiger charge is -2.28. The smallest absolute Gasteiger partial charge is 0.128 e. The third-order valence-corrected chi connectivity index (χ3v) is 2.62. The summed E-state index contributed by atoms with van der Waals surface area (Å²) in [5, 5.41) is 9.55. The van der Waals surface area contributed by atoms with Gasteiger partial charge >= 0.3 is 0 Å². The van der Waals surface area contributed by atoms with Crippen LogP contribution in [0.5, 0.6) is 5.75 Å². The summed E-state index contributed by atoms with van der Waals surface area (Å²) in [6.45, 7) is 3.52. The largest absolute Gasteiger partial charge is 0.487 e. The van der Waals surface area contributed by atoms with Crippen LogP contribution in [-0.2, 0) is 6.42 Å². The molecule has 0 fully saturated rings. The molecule has 1 aliphatic heterocycles. The topological polar surface area (TPSA) is 29.5 Å². The van der Waals surface area contributed by atoms with E-state index in [1.54, 1.807) is 6.07 Å². The molecule has 0 saturated heterocycles. The first-order valence-corrected chi connectivity index (χ1v) is 4.96. The van der Waals surface area contributed by atoms with Gasteiger partial charge in [0.1, 0.15) is 23.8 Å². The average molecular weight is 208 g/mol. The van der Waals surface area contributed by atoms with Gasteiger partial charge in [0.25, 0.3) is 0 Å². The molecule has 0 spiro atoms. The molecule has 0 amide bonds. The zero-order valence-electron chi connectivity index (χ0n) is 8.32. The number of aliphatic hydroxyl groups is 1. The maximum Gasteiger partial charge on any atom is 0.128 e. The summed E-state index contributed by atoms with van der Waals surface area (Å²) in [7, 11) is 0. The molecule has 15 heavy (non-hydrogen) atoms. The van der Waals surface area contributed by atoms with Crippen LogP contribution in [0.3, 0.4) is 0 Å². The van der Waals surface area contributed by atoms with Crippen LogP contribution < -0.4 is 4.74 Å². The minimum Gasteiger partial charge on any atom is -0.487 e. The number of aryl methyl sites for hydroxylation is 1. The van der Waals surface area contributed by atoms with Crippen LogP contribution in [0.25, 0.3) is 0 Å². The first kappa shape index (κ1) is 10.2. The van der Waals surface area contributed by atoms with E-state index in [1.807, 2.05) is 0 Å². The fraction of sp³-hybridized carbons (Fsp3) is 0.333. The summed E-state index contributed by atoms with van der Waals surface area (Å²) in [6, 6.07) is 4.44. The quantitative estimate of drug-likeness (QED) is 0.754. The molecular formula is C12H13FO2. The number of rotatable bonds is 2. The van der Waals surface area contributed by atoms with Gasteiger partial charge in [-0.15, -0.1) is 6.58 Å². The molecule has 0 aliphatic carbocycles. The van der Waals surface area contributed by atoms with E-state index in [1.165, 1.54) is 18.2 Å². The lowest BCUT2D eigenvalue weighted by molar-refractivity contribution is 0.0529. The minimum atomic E-state index is -0.664. The van der Waals surface area contributed by atoms with Crippen molar-refractivity contribution in [3.8, 4) is 5.75 Å². The first-order chi connectivity index (χ1) is 7.20. The maximum absolute atomic E-state index is 12.9. The first-order valence-electron chi connectivity index (χ1n) is 4.96. The van der Waals surface area contributed by atoms with Gasteiger partial charge in [0, 0.05) is 0 Å². The van der Waals surface area contributed by atoms with Gasteiger partial charge < -0.3 is 9.84 Å². The molecule has 0 radical (unpaired) electrons. The van der Waals surface area contributed by atoms with Crippen molar-refractivity contribution in [1.82, 2.24) is 0 Å². The summed E-state index contributed by atoms with van der Waals surface area (Å²) in [5.74, 6) is 0.411. The van der Waals surface area contributed by atoms with E-state index in [0.29, 0.717) is 12.2 Å². The van der Waals surface area contributed by atoms with Gasteiger partial charge in [0.05, 0.1) is 0 Å². The predicted molar refractivity (Wildman–Crippen MR) is 55.3 cm³/mol. The second kappa shape index (κ2) is 4.03. The third kappa shape index (κ3) is 2.02. The van der Waals surface area contributed by atoms with Crippen molar-refractivity contribution in [2.24, 2.45) is 0 Å². The number of benzene rings is 1. The number of hydrogen-bond donors (Lipinski definition) is 1. The number of aliphatic hydroxyl groups excluding tert-OH is 1. The van der Waals surface area contributed by atoms with E-state index in [9.17, 15) is 9.50 Å². The van der Waals surface area contributed by atoms with Crippen molar-refractivity contribution in [2.45, 2.75) is 25.0 Å². The van der Waals surface area contributed by atoms with Crippen LogP contribution in [0.4, 0.5) is 4.39 Å². The Bertz CT molecular complexity index is 376. The molecule has 1 N–H and O–H groups in total. The van der Waals surface area contributed by atoms with Gasteiger partial charge in [-0.05, 0) is 36.6 Å². The van der Waals surface area contributed by atoms with Gasteiger partial charge in [-0.2, -0.15) is 0 Å². The SMILES string of the molecule is C=C[C@@H](O)[C@@H]1CCc2cc(F)ccc2O1. The Morgan fingerprint density at radius 2 is 2.40 bits per heavy atom. The minimum absolute atomic E-state index is 0.250. The Kier molecular flexibility index (Phi) is 2.73. The molecule has 0 aromatic heterocycles. The van der Waals surface area contributed by atoms with Crippen LogP contribution in [0.1, 0.15) is 12.0 Å². The summed E-state index contributed by atoms with van der Waals surface area (Å²) in [5.41, 5.74) is 0.863. The lowest BCUT2D eigenvalue weighted by atomic mass is 9.99. The van der Waals surface area contributed by atoms with E-state index in [0.717, 1.165) is 12.0 Å². The molecule has 1 aromatic rings. The van der Waals surface area contributed by atoms with Crippen molar-refractivity contribution in [3.63, 3.8) is 0 Å². The van der Waals surface area contributed by atoms with Gasteiger partial charge in [0.15, 0.2) is 0 Å². The number of ether oxygens (including phenoxy) is 1. The Morgan fingerprint density at radius 1 is 1.60 bits per heavy atom. The Balaban J connectivity index is 2.20. The highest BCUT2D eigenvalue weighted by atomic mass is 19.1. The average Bonchev–Trinajstić information content (AvgIpc) is 2.27. The molecule has 3 heteroatoms.